The Kier molecular flexibility index (Phi) is 6.35. The summed E-state index contributed by atoms with van der Waals surface area (Å²) in [6.07, 6.45) is 4.96. The lowest BCUT2D eigenvalue weighted by atomic mass is 9.64. The number of rotatable bonds is 7. The van der Waals surface area contributed by atoms with Crippen molar-refractivity contribution < 1.29 is 14.3 Å². The molecule has 1 heterocycles. The van der Waals surface area contributed by atoms with Crippen LogP contribution in [0.3, 0.4) is 0 Å². The van der Waals surface area contributed by atoms with Crippen LogP contribution < -0.4 is 4.74 Å². The topological polar surface area (TPSA) is 42.0 Å². The molecule has 1 saturated carbocycles. The molecule has 1 amide bonds. The number of methoxy groups -OCH3 is 1. The molecule has 166 valence electrons. The minimum Gasteiger partial charge on any atom is -0.468 e. The van der Waals surface area contributed by atoms with Gasteiger partial charge in [-0.2, -0.15) is 0 Å². The monoisotopic (exact) mass is 422 g/mol. The Morgan fingerprint density at radius 3 is 2.26 bits per heavy atom. The van der Waals surface area contributed by atoms with Crippen molar-refractivity contribution in [2.45, 2.75) is 44.2 Å². The second-order valence-electron chi connectivity index (χ2n) is 9.41. The molecule has 31 heavy (non-hydrogen) atoms. The van der Waals surface area contributed by atoms with Crippen LogP contribution in [-0.4, -0.2) is 50.2 Å². The van der Waals surface area contributed by atoms with Crippen molar-refractivity contribution in [1.82, 2.24) is 9.80 Å². The molecule has 1 spiro atoms. The quantitative estimate of drug-likeness (QED) is 0.620. The summed E-state index contributed by atoms with van der Waals surface area (Å²) in [6.45, 7) is 1.87. The molecule has 2 aromatic rings. The highest BCUT2D eigenvalue weighted by Crippen LogP contribution is 2.52. The SMILES string of the molecule is COCOc1ccc(C2(N(C)C)CCC3(CC2)CC(=O)N(Cc2ccccc2)C3)cc1. The minimum absolute atomic E-state index is 0.000927. The zero-order valence-corrected chi connectivity index (χ0v) is 19.0. The van der Waals surface area contributed by atoms with Crippen molar-refractivity contribution in [2.75, 3.05) is 34.5 Å². The van der Waals surface area contributed by atoms with Crippen molar-refractivity contribution in [2.24, 2.45) is 5.41 Å². The van der Waals surface area contributed by atoms with Crippen LogP contribution in [0, 0.1) is 5.41 Å². The number of likely N-dealkylation sites (tertiary alicyclic amines) is 1. The van der Waals surface area contributed by atoms with Crippen molar-refractivity contribution >= 4 is 5.91 Å². The van der Waals surface area contributed by atoms with E-state index in [1.165, 1.54) is 11.1 Å². The predicted octanol–water partition coefficient (Wildman–Crippen LogP) is 4.42. The van der Waals surface area contributed by atoms with Gasteiger partial charge in [0.25, 0.3) is 0 Å². The number of benzene rings is 2. The normalized spacial score (nSPS) is 26.1. The number of ether oxygens (including phenoxy) is 2. The van der Waals surface area contributed by atoms with E-state index in [4.69, 9.17) is 9.47 Å². The van der Waals surface area contributed by atoms with E-state index in [2.05, 4.69) is 48.2 Å². The van der Waals surface area contributed by atoms with Crippen molar-refractivity contribution in [1.29, 1.82) is 0 Å². The Morgan fingerprint density at radius 1 is 0.968 bits per heavy atom. The number of amides is 1. The van der Waals surface area contributed by atoms with E-state index in [-0.39, 0.29) is 17.7 Å². The second-order valence-corrected chi connectivity index (χ2v) is 9.41. The predicted molar refractivity (Wildman–Crippen MR) is 122 cm³/mol. The fraction of sp³-hybridized carbons (Fsp3) is 0.500. The van der Waals surface area contributed by atoms with E-state index in [1.54, 1.807) is 7.11 Å². The van der Waals surface area contributed by atoms with Gasteiger partial charge in [-0.15, -0.1) is 0 Å². The van der Waals surface area contributed by atoms with Gasteiger partial charge in [0.1, 0.15) is 5.75 Å². The minimum atomic E-state index is 0.000927. The van der Waals surface area contributed by atoms with Crippen LogP contribution in [0.2, 0.25) is 0 Å². The average molecular weight is 423 g/mol. The van der Waals surface area contributed by atoms with Crippen molar-refractivity contribution in [3.63, 3.8) is 0 Å². The number of hydrogen-bond donors (Lipinski definition) is 0. The van der Waals surface area contributed by atoms with Gasteiger partial charge in [0.2, 0.25) is 5.91 Å². The van der Waals surface area contributed by atoms with E-state index in [0.717, 1.165) is 44.5 Å². The summed E-state index contributed by atoms with van der Waals surface area (Å²) in [4.78, 5) is 17.3. The highest BCUT2D eigenvalue weighted by atomic mass is 16.7. The van der Waals surface area contributed by atoms with E-state index in [9.17, 15) is 4.79 Å². The van der Waals surface area contributed by atoms with Gasteiger partial charge in [-0.1, -0.05) is 42.5 Å². The summed E-state index contributed by atoms with van der Waals surface area (Å²) in [6, 6.07) is 18.8. The van der Waals surface area contributed by atoms with Gasteiger partial charge >= 0.3 is 0 Å². The standard InChI is InChI=1S/C26H34N2O3/c1-27(2)26(22-9-11-23(12-10-22)31-20-30-3)15-13-25(14-16-26)17-24(29)28(19-25)18-21-7-5-4-6-8-21/h4-12H,13-20H2,1-3H3. The van der Waals surface area contributed by atoms with Crippen LogP contribution in [0.1, 0.15) is 43.2 Å². The van der Waals surface area contributed by atoms with Crippen LogP contribution in [0.4, 0.5) is 0 Å². The highest BCUT2D eigenvalue weighted by molar-refractivity contribution is 5.79. The molecule has 0 N–H and O–H groups in total. The molecule has 0 aromatic heterocycles. The Labute approximate surface area is 185 Å². The molecule has 0 unspecified atom stereocenters. The third-order valence-electron chi connectivity index (χ3n) is 7.35. The van der Waals surface area contributed by atoms with E-state index < -0.39 is 0 Å². The number of hydrogen-bond acceptors (Lipinski definition) is 4. The van der Waals surface area contributed by atoms with Gasteiger partial charge in [-0.05, 0) is 68.5 Å². The smallest absolute Gasteiger partial charge is 0.223 e. The third-order valence-corrected chi connectivity index (χ3v) is 7.35. The Bertz CT molecular complexity index is 871. The largest absolute Gasteiger partial charge is 0.468 e. The molecule has 2 aliphatic rings. The Hall–Kier alpha value is -2.37. The summed E-state index contributed by atoms with van der Waals surface area (Å²) in [5.41, 5.74) is 2.65. The molecule has 1 saturated heterocycles. The van der Waals surface area contributed by atoms with Crippen LogP contribution in [0.15, 0.2) is 54.6 Å². The fourth-order valence-electron chi connectivity index (χ4n) is 5.44. The first-order chi connectivity index (χ1) is 15.0. The summed E-state index contributed by atoms with van der Waals surface area (Å²) in [5, 5.41) is 0. The average Bonchev–Trinajstić information content (AvgIpc) is 3.08. The molecular weight excluding hydrogens is 388 g/mol. The van der Waals surface area contributed by atoms with Crippen LogP contribution in [-0.2, 0) is 21.6 Å². The maximum atomic E-state index is 12.8. The molecule has 5 heteroatoms. The summed E-state index contributed by atoms with van der Waals surface area (Å²) < 4.78 is 10.6. The van der Waals surface area contributed by atoms with Gasteiger partial charge in [0.15, 0.2) is 6.79 Å². The van der Waals surface area contributed by atoms with E-state index in [1.807, 2.05) is 30.3 Å². The molecule has 2 aromatic carbocycles. The van der Waals surface area contributed by atoms with E-state index >= 15 is 0 Å². The summed E-state index contributed by atoms with van der Waals surface area (Å²) in [5.74, 6) is 1.13. The molecule has 0 radical (unpaired) electrons. The molecule has 2 fully saturated rings. The van der Waals surface area contributed by atoms with Crippen LogP contribution in [0.25, 0.3) is 0 Å². The maximum absolute atomic E-state index is 12.8. The summed E-state index contributed by atoms with van der Waals surface area (Å²) >= 11 is 0. The number of nitrogens with zero attached hydrogens (tertiary/aromatic N) is 2. The van der Waals surface area contributed by atoms with Gasteiger partial charge in [-0.25, -0.2) is 0 Å². The first-order valence-corrected chi connectivity index (χ1v) is 11.2. The zero-order chi connectivity index (χ0) is 21.9. The lowest BCUT2D eigenvalue weighted by molar-refractivity contribution is -0.128. The van der Waals surface area contributed by atoms with Gasteiger partial charge in [0.05, 0.1) is 0 Å². The van der Waals surface area contributed by atoms with Crippen molar-refractivity contribution in [3.8, 4) is 5.75 Å². The molecular formula is C26H34N2O3. The van der Waals surface area contributed by atoms with Gasteiger partial charge < -0.3 is 14.4 Å². The molecule has 1 aliphatic heterocycles. The van der Waals surface area contributed by atoms with Crippen LogP contribution >= 0.6 is 0 Å². The molecule has 0 bridgehead atoms. The molecule has 5 nitrogen and oxygen atoms in total. The van der Waals surface area contributed by atoms with Crippen LogP contribution in [0.5, 0.6) is 5.75 Å². The third kappa shape index (κ3) is 4.48. The lowest BCUT2D eigenvalue weighted by Crippen LogP contribution is -2.47. The Morgan fingerprint density at radius 2 is 1.65 bits per heavy atom. The zero-order valence-electron chi connectivity index (χ0n) is 19.0. The van der Waals surface area contributed by atoms with Gasteiger partial charge in [0, 0.05) is 32.2 Å². The first-order valence-electron chi connectivity index (χ1n) is 11.2. The highest BCUT2D eigenvalue weighted by Gasteiger charge is 2.50. The lowest BCUT2D eigenvalue weighted by Gasteiger charge is -2.49. The second kappa shape index (κ2) is 9.01. The molecule has 4 rings (SSSR count). The summed E-state index contributed by atoms with van der Waals surface area (Å²) in [7, 11) is 5.98. The number of carbonyl (C=O) groups is 1. The first kappa shape index (κ1) is 21.8. The molecule has 1 aliphatic carbocycles. The van der Waals surface area contributed by atoms with Gasteiger partial charge in [-0.3, -0.25) is 9.69 Å². The van der Waals surface area contributed by atoms with Crippen molar-refractivity contribution in [3.05, 3.63) is 65.7 Å². The maximum Gasteiger partial charge on any atom is 0.223 e. The van der Waals surface area contributed by atoms with E-state index in [0.29, 0.717) is 12.3 Å². The fourth-order valence-corrected chi connectivity index (χ4v) is 5.44. The molecule has 0 atom stereocenters. The Balaban J connectivity index is 1.45. The number of carbonyl (C=O) groups excluding carboxylic acids is 1.